The van der Waals surface area contributed by atoms with Gasteiger partial charge in [0.05, 0.1) is 19.1 Å². The Balaban J connectivity index is 1.76. The van der Waals surface area contributed by atoms with E-state index < -0.39 is 16.1 Å². The highest BCUT2D eigenvalue weighted by molar-refractivity contribution is 7.92. The molecule has 38 heavy (non-hydrogen) atoms. The van der Waals surface area contributed by atoms with Crippen molar-refractivity contribution in [3.05, 3.63) is 59.7 Å². The number of carbonyl (C=O) groups excluding carboxylic acids is 2. The Morgan fingerprint density at radius 1 is 1.11 bits per heavy atom. The zero-order valence-electron chi connectivity index (χ0n) is 23.0. The van der Waals surface area contributed by atoms with Crippen LogP contribution in [0.2, 0.25) is 0 Å². The van der Waals surface area contributed by atoms with Crippen LogP contribution in [0.3, 0.4) is 0 Å². The van der Waals surface area contributed by atoms with Crippen molar-refractivity contribution in [3.63, 3.8) is 0 Å². The Labute approximate surface area is 227 Å². The number of hydrogen-bond acceptors (Lipinski definition) is 5. The van der Waals surface area contributed by atoms with Gasteiger partial charge in [0.1, 0.15) is 11.8 Å². The third-order valence-corrected chi connectivity index (χ3v) is 8.24. The molecule has 1 saturated carbocycles. The van der Waals surface area contributed by atoms with Crippen LogP contribution in [-0.4, -0.2) is 57.1 Å². The molecule has 3 rings (SSSR count). The summed E-state index contributed by atoms with van der Waals surface area (Å²) in [6.45, 7) is 4.29. The number of anilines is 1. The average molecular weight is 544 g/mol. The molecule has 8 nitrogen and oxygen atoms in total. The first-order valence-electron chi connectivity index (χ1n) is 13.4. The van der Waals surface area contributed by atoms with Crippen LogP contribution in [0, 0.1) is 6.92 Å². The predicted octanol–water partition coefficient (Wildman–Crippen LogP) is 4.42. The lowest BCUT2D eigenvalue weighted by Gasteiger charge is -2.32. The maximum atomic E-state index is 13.6. The molecule has 1 fully saturated rings. The number of rotatable bonds is 13. The molecule has 1 atom stereocenters. The van der Waals surface area contributed by atoms with Crippen molar-refractivity contribution in [2.75, 3.05) is 24.2 Å². The molecule has 1 aliphatic rings. The zero-order chi connectivity index (χ0) is 27.7. The van der Waals surface area contributed by atoms with Crippen molar-refractivity contribution in [3.8, 4) is 5.75 Å². The lowest BCUT2D eigenvalue weighted by molar-refractivity contribution is -0.141. The van der Waals surface area contributed by atoms with Gasteiger partial charge in [0.15, 0.2) is 0 Å². The Morgan fingerprint density at radius 3 is 2.39 bits per heavy atom. The number of hydrogen-bond donors (Lipinski definition) is 1. The Morgan fingerprint density at radius 2 is 1.79 bits per heavy atom. The maximum Gasteiger partial charge on any atom is 0.243 e. The summed E-state index contributed by atoms with van der Waals surface area (Å²) < 4.78 is 31.7. The highest BCUT2D eigenvalue weighted by Gasteiger charge is 2.30. The van der Waals surface area contributed by atoms with Crippen LogP contribution in [0.1, 0.15) is 63.0 Å². The van der Waals surface area contributed by atoms with Gasteiger partial charge in [-0.1, -0.05) is 49.6 Å². The fraction of sp³-hybridized carbons (Fsp3) is 0.517. The van der Waals surface area contributed by atoms with Gasteiger partial charge in [-0.05, 0) is 62.4 Å². The number of sulfonamides is 1. The molecule has 0 heterocycles. The summed E-state index contributed by atoms with van der Waals surface area (Å²) in [5.41, 5.74) is 2.47. The van der Waals surface area contributed by atoms with Gasteiger partial charge in [-0.3, -0.25) is 13.9 Å². The van der Waals surface area contributed by atoms with Crippen molar-refractivity contribution < 1.29 is 22.7 Å². The van der Waals surface area contributed by atoms with E-state index in [-0.39, 0.29) is 37.4 Å². The third kappa shape index (κ3) is 8.21. The van der Waals surface area contributed by atoms with E-state index in [2.05, 4.69) is 5.32 Å². The number of nitrogens with zero attached hydrogens (tertiary/aromatic N) is 2. The van der Waals surface area contributed by atoms with Crippen LogP contribution < -0.4 is 14.4 Å². The highest BCUT2D eigenvalue weighted by Crippen LogP contribution is 2.22. The molecule has 2 aromatic carbocycles. The number of amides is 2. The van der Waals surface area contributed by atoms with E-state index >= 15 is 0 Å². The maximum absolute atomic E-state index is 13.6. The van der Waals surface area contributed by atoms with Gasteiger partial charge in [0.25, 0.3) is 0 Å². The molecule has 208 valence electrons. The van der Waals surface area contributed by atoms with Crippen LogP contribution in [0.4, 0.5) is 5.69 Å². The van der Waals surface area contributed by atoms with Gasteiger partial charge in [0, 0.05) is 25.6 Å². The monoisotopic (exact) mass is 543 g/mol. The molecular formula is C29H41N3O5S. The summed E-state index contributed by atoms with van der Waals surface area (Å²) in [4.78, 5) is 28.5. The molecule has 2 aromatic rings. The molecule has 1 aliphatic carbocycles. The van der Waals surface area contributed by atoms with Crippen LogP contribution >= 0.6 is 0 Å². The molecule has 0 bridgehead atoms. The number of ether oxygens (including phenoxy) is 1. The van der Waals surface area contributed by atoms with Crippen molar-refractivity contribution in [2.45, 2.75) is 77.4 Å². The normalized spacial score (nSPS) is 14.6. The lowest BCUT2D eigenvalue weighted by Crippen LogP contribution is -2.51. The molecule has 2 amide bonds. The second-order valence-electron chi connectivity index (χ2n) is 10.1. The van der Waals surface area contributed by atoms with Gasteiger partial charge in [-0.15, -0.1) is 0 Å². The van der Waals surface area contributed by atoms with E-state index in [1.807, 2.05) is 50.2 Å². The van der Waals surface area contributed by atoms with Gasteiger partial charge in [-0.2, -0.15) is 0 Å². The van der Waals surface area contributed by atoms with Gasteiger partial charge >= 0.3 is 0 Å². The van der Waals surface area contributed by atoms with Gasteiger partial charge in [0.2, 0.25) is 21.8 Å². The van der Waals surface area contributed by atoms with Gasteiger partial charge in [-0.25, -0.2) is 8.42 Å². The molecule has 1 N–H and O–H groups in total. The quantitative estimate of drug-likeness (QED) is 0.404. The molecule has 0 aliphatic heterocycles. The molecule has 0 radical (unpaired) electrons. The fourth-order valence-corrected chi connectivity index (χ4v) is 5.93. The molecule has 9 heteroatoms. The molecule has 0 spiro atoms. The largest absolute Gasteiger partial charge is 0.497 e. The average Bonchev–Trinajstić information content (AvgIpc) is 3.39. The van der Waals surface area contributed by atoms with Crippen molar-refractivity contribution in [2.24, 2.45) is 0 Å². The lowest BCUT2D eigenvalue weighted by atomic mass is 10.1. The van der Waals surface area contributed by atoms with Crippen LogP contribution in [-0.2, 0) is 26.2 Å². The van der Waals surface area contributed by atoms with E-state index in [1.165, 1.54) is 10.6 Å². The highest BCUT2D eigenvalue weighted by atomic mass is 32.2. The first-order chi connectivity index (χ1) is 18.1. The first kappa shape index (κ1) is 29.5. The van der Waals surface area contributed by atoms with Crippen LogP contribution in [0.5, 0.6) is 5.75 Å². The SMILES string of the molecule is CC[C@H](C(=O)NC1CCCC1)N(Cc1cccc(OC)c1)C(=O)CCCN(c1ccc(C)cc1)S(C)(=O)=O. The van der Waals surface area contributed by atoms with E-state index in [1.54, 1.807) is 24.1 Å². The Hall–Kier alpha value is -3.07. The number of benzene rings is 2. The molecule has 0 aromatic heterocycles. The molecule has 0 unspecified atom stereocenters. The second-order valence-corrected chi connectivity index (χ2v) is 12.0. The number of methoxy groups -OCH3 is 1. The topological polar surface area (TPSA) is 96.0 Å². The van der Waals surface area contributed by atoms with E-state index in [4.69, 9.17) is 4.74 Å². The van der Waals surface area contributed by atoms with Crippen molar-refractivity contribution in [1.82, 2.24) is 10.2 Å². The van der Waals surface area contributed by atoms with E-state index in [0.29, 0.717) is 24.3 Å². The smallest absolute Gasteiger partial charge is 0.243 e. The van der Waals surface area contributed by atoms with E-state index in [0.717, 1.165) is 36.8 Å². The zero-order valence-corrected chi connectivity index (χ0v) is 23.8. The molecular weight excluding hydrogens is 502 g/mol. The number of aryl methyl sites for hydroxylation is 1. The summed E-state index contributed by atoms with van der Waals surface area (Å²) in [5.74, 6) is 0.368. The van der Waals surface area contributed by atoms with Crippen molar-refractivity contribution >= 4 is 27.5 Å². The predicted molar refractivity (Wildman–Crippen MR) is 151 cm³/mol. The second kappa shape index (κ2) is 13.6. The number of carbonyl (C=O) groups is 2. The van der Waals surface area contributed by atoms with Crippen LogP contribution in [0.25, 0.3) is 0 Å². The summed E-state index contributed by atoms with van der Waals surface area (Å²) >= 11 is 0. The van der Waals surface area contributed by atoms with E-state index in [9.17, 15) is 18.0 Å². The van der Waals surface area contributed by atoms with Crippen LogP contribution in [0.15, 0.2) is 48.5 Å². The Bertz CT molecular complexity index is 1180. The van der Waals surface area contributed by atoms with Gasteiger partial charge < -0.3 is 15.0 Å². The minimum absolute atomic E-state index is 0.120. The number of nitrogens with one attached hydrogen (secondary N) is 1. The standard InChI is InChI=1S/C29H41N3O5S/c1-5-27(29(34)30-24-11-6-7-12-24)31(21-23-10-8-13-26(20-23)37-3)28(33)14-9-19-32(38(4,35)36)25-17-15-22(2)16-18-25/h8,10,13,15-18,20,24,27H,5-7,9,11-12,14,19,21H2,1-4H3,(H,30,34)/t27-/m1/s1. The Kier molecular flexibility index (Phi) is 10.6. The summed E-state index contributed by atoms with van der Waals surface area (Å²) in [5, 5.41) is 3.15. The minimum Gasteiger partial charge on any atom is -0.497 e. The van der Waals surface area contributed by atoms with Crippen molar-refractivity contribution in [1.29, 1.82) is 0 Å². The summed E-state index contributed by atoms with van der Waals surface area (Å²) in [6.07, 6.45) is 6.23. The summed E-state index contributed by atoms with van der Waals surface area (Å²) in [6, 6.07) is 14.3. The minimum atomic E-state index is -3.52. The molecule has 0 saturated heterocycles. The first-order valence-corrected chi connectivity index (χ1v) is 15.2. The fourth-order valence-electron chi connectivity index (χ4n) is 4.97. The summed E-state index contributed by atoms with van der Waals surface area (Å²) in [7, 11) is -1.93. The third-order valence-electron chi connectivity index (χ3n) is 7.05.